The van der Waals surface area contributed by atoms with Crippen LogP contribution in [0.1, 0.15) is 58.2 Å². The van der Waals surface area contributed by atoms with Crippen LogP contribution in [-0.2, 0) is 10.8 Å². The summed E-state index contributed by atoms with van der Waals surface area (Å²) in [5.74, 6) is 0. The van der Waals surface area contributed by atoms with Gasteiger partial charge in [-0.25, -0.2) is 0 Å². The predicted octanol–water partition coefficient (Wildman–Crippen LogP) is 14.9. The SMILES string of the molecule is Cc1cc2c3c(c1)-n1c4c(cccc4c4oc5ccccc5c41)B3c1ccc(N(c3ccc(C(C)(C)C)cc3)c3ccc(C(C)(C)C)cc3)cc1N2c1cccc2c1sc1ccccc12. The van der Waals surface area contributed by atoms with Crippen LogP contribution < -0.4 is 26.2 Å². The molecule has 3 aromatic heterocycles. The molecular formula is C59H48BN3OS. The third-order valence-electron chi connectivity index (χ3n) is 14.1. The topological polar surface area (TPSA) is 24.6 Å². The van der Waals surface area contributed by atoms with Gasteiger partial charge in [-0.05, 0) is 130 Å². The molecule has 0 radical (unpaired) electrons. The maximum Gasteiger partial charge on any atom is 0.252 e. The fourth-order valence-electron chi connectivity index (χ4n) is 11.0. The largest absolute Gasteiger partial charge is 0.454 e. The van der Waals surface area contributed by atoms with E-state index in [-0.39, 0.29) is 17.5 Å². The summed E-state index contributed by atoms with van der Waals surface area (Å²) in [4.78, 5) is 5.04. The summed E-state index contributed by atoms with van der Waals surface area (Å²) in [7, 11) is 0. The Kier molecular flexibility index (Phi) is 7.99. The van der Waals surface area contributed by atoms with Crippen LogP contribution in [0, 0.1) is 6.92 Å². The molecule has 0 aliphatic carbocycles. The van der Waals surface area contributed by atoms with E-state index in [4.69, 9.17) is 4.42 Å². The monoisotopic (exact) mass is 857 g/mol. The molecule has 0 unspecified atom stereocenters. The van der Waals surface area contributed by atoms with Crippen LogP contribution in [0.2, 0.25) is 0 Å². The van der Waals surface area contributed by atoms with Gasteiger partial charge >= 0.3 is 0 Å². The van der Waals surface area contributed by atoms with Crippen LogP contribution in [-0.4, -0.2) is 11.3 Å². The average Bonchev–Trinajstić information content (AvgIpc) is 3.97. The standard InChI is InChI=1S/C59H48BN3OS/c1-35-32-49-53-50(33-35)63-54-44(56-55(63)43-15-8-10-20-51(43)64-56)17-12-18-46(54)60(53)45-31-30-40(34-48(45)62(49)47-19-13-16-42-41-14-9-11-21-52(41)65-57(42)47)61(38-26-22-36(23-27-38)58(2,3)4)39-28-24-37(25-29-39)59(5,6)7/h8-34H,1-7H3. The zero-order valence-electron chi connectivity index (χ0n) is 37.8. The number of hydrogen-bond donors (Lipinski definition) is 0. The summed E-state index contributed by atoms with van der Waals surface area (Å²) in [6, 6.07) is 61.6. The second kappa shape index (κ2) is 13.5. The summed E-state index contributed by atoms with van der Waals surface area (Å²) in [5, 5.41) is 4.87. The molecule has 0 saturated carbocycles. The third kappa shape index (κ3) is 5.56. The molecule has 0 atom stereocenters. The second-order valence-electron chi connectivity index (χ2n) is 20.3. The summed E-state index contributed by atoms with van der Waals surface area (Å²) in [5.41, 5.74) is 20.3. The van der Waals surface area contributed by atoms with Gasteiger partial charge in [-0.2, -0.15) is 0 Å². The highest BCUT2D eigenvalue weighted by Crippen LogP contribution is 2.49. The van der Waals surface area contributed by atoms with E-state index in [2.05, 4.69) is 227 Å². The minimum atomic E-state index is -0.00503. The maximum absolute atomic E-state index is 6.77. The van der Waals surface area contributed by atoms with Crippen LogP contribution in [0.15, 0.2) is 168 Å². The minimum Gasteiger partial charge on any atom is -0.454 e. The van der Waals surface area contributed by atoms with Gasteiger partial charge in [0.1, 0.15) is 11.1 Å². The van der Waals surface area contributed by atoms with Crippen molar-refractivity contribution in [2.24, 2.45) is 0 Å². The van der Waals surface area contributed by atoms with Gasteiger partial charge in [0.2, 0.25) is 0 Å². The molecule has 13 rings (SSSR count). The molecule has 2 aliphatic heterocycles. The Bertz CT molecular complexity index is 3710. The molecule has 0 N–H and O–H groups in total. The Balaban J connectivity index is 1.12. The van der Waals surface area contributed by atoms with Gasteiger partial charge in [0, 0.05) is 60.4 Å². The number of aryl methyl sites for hydroxylation is 1. The third-order valence-corrected chi connectivity index (χ3v) is 15.3. The molecule has 0 spiro atoms. The lowest BCUT2D eigenvalue weighted by Crippen LogP contribution is -2.60. The first kappa shape index (κ1) is 38.4. The van der Waals surface area contributed by atoms with E-state index < -0.39 is 0 Å². The van der Waals surface area contributed by atoms with Crippen LogP contribution in [0.5, 0.6) is 0 Å². The Hall–Kier alpha value is -7.02. The van der Waals surface area contributed by atoms with Crippen molar-refractivity contribution in [3.8, 4) is 5.69 Å². The first-order valence-corrected chi connectivity index (χ1v) is 23.7. The van der Waals surface area contributed by atoms with Gasteiger partial charge in [-0.1, -0.05) is 126 Å². The van der Waals surface area contributed by atoms with E-state index in [9.17, 15) is 0 Å². The van der Waals surface area contributed by atoms with Gasteiger partial charge < -0.3 is 18.8 Å². The van der Waals surface area contributed by atoms with Gasteiger partial charge in [0.05, 0.1) is 15.9 Å². The molecule has 4 nitrogen and oxygen atoms in total. The first-order valence-electron chi connectivity index (χ1n) is 22.9. The molecule has 0 amide bonds. The number of rotatable bonds is 4. The van der Waals surface area contributed by atoms with Gasteiger partial charge in [-0.15, -0.1) is 11.3 Å². The number of hydrogen-bond acceptors (Lipinski definition) is 4. The second-order valence-corrected chi connectivity index (χ2v) is 21.3. The van der Waals surface area contributed by atoms with E-state index in [1.165, 1.54) is 81.5 Å². The fraction of sp³-hybridized carbons (Fsp3) is 0.153. The Morgan fingerprint density at radius 1 is 0.508 bits per heavy atom. The lowest BCUT2D eigenvalue weighted by Gasteiger charge is -2.41. The molecule has 0 bridgehead atoms. The van der Waals surface area contributed by atoms with E-state index >= 15 is 0 Å². The van der Waals surface area contributed by atoms with Gasteiger partial charge in [0.25, 0.3) is 6.71 Å². The molecule has 8 aromatic carbocycles. The molecule has 11 aromatic rings. The molecule has 2 aliphatic rings. The summed E-state index contributed by atoms with van der Waals surface area (Å²) in [6.07, 6.45) is 0. The first-order chi connectivity index (χ1) is 31.4. The smallest absolute Gasteiger partial charge is 0.252 e. The average molecular weight is 858 g/mol. The normalized spacial score (nSPS) is 13.4. The fourth-order valence-corrected chi connectivity index (χ4v) is 12.2. The lowest BCUT2D eigenvalue weighted by molar-refractivity contribution is 0.590. The summed E-state index contributed by atoms with van der Waals surface area (Å²) < 4.78 is 11.9. The molecule has 5 heterocycles. The number of aromatic nitrogens is 1. The predicted molar refractivity (Wildman–Crippen MR) is 280 cm³/mol. The van der Waals surface area contributed by atoms with Gasteiger partial charge in [-0.3, -0.25) is 0 Å². The van der Waals surface area contributed by atoms with E-state index in [0.29, 0.717) is 0 Å². The molecule has 6 heteroatoms. The highest BCUT2D eigenvalue weighted by Gasteiger charge is 2.43. The van der Waals surface area contributed by atoms with Crippen molar-refractivity contribution >= 4 is 122 Å². The molecule has 0 saturated heterocycles. The van der Waals surface area contributed by atoms with Crippen LogP contribution in [0.4, 0.5) is 34.1 Å². The van der Waals surface area contributed by atoms with Crippen molar-refractivity contribution in [3.05, 3.63) is 180 Å². The van der Waals surface area contributed by atoms with Crippen molar-refractivity contribution < 1.29 is 4.42 Å². The van der Waals surface area contributed by atoms with Crippen molar-refractivity contribution in [3.63, 3.8) is 0 Å². The highest BCUT2D eigenvalue weighted by atomic mass is 32.1. The zero-order chi connectivity index (χ0) is 44.1. The molecule has 65 heavy (non-hydrogen) atoms. The van der Waals surface area contributed by atoms with Crippen molar-refractivity contribution in [1.29, 1.82) is 0 Å². The number of fused-ring (bicyclic) bond motifs is 12. The summed E-state index contributed by atoms with van der Waals surface area (Å²) in [6.45, 7) is 16.0. The number of para-hydroxylation sites is 2. The van der Waals surface area contributed by atoms with Crippen LogP contribution in [0.3, 0.4) is 0 Å². The Morgan fingerprint density at radius 2 is 1.12 bits per heavy atom. The highest BCUT2D eigenvalue weighted by molar-refractivity contribution is 7.26. The van der Waals surface area contributed by atoms with Crippen LogP contribution in [0.25, 0.3) is 58.8 Å². The molecule has 0 fully saturated rings. The van der Waals surface area contributed by atoms with E-state index in [1.807, 2.05) is 11.3 Å². The van der Waals surface area contributed by atoms with Crippen molar-refractivity contribution in [2.45, 2.75) is 59.3 Å². The number of anilines is 6. The lowest BCUT2D eigenvalue weighted by atomic mass is 9.33. The van der Waals surface area contributed by atoms with Crippen LogP contribution >= 0.6 is 11.3 Å². The minimum absolute atomic E-state index is 0.00503. The quantitative estimate of drug-likeness (QED) is 0.165. The molecule has 314 valence electrons. The van der Waals surface area contributed by atoms with Crippen molar-refractivity contribution in [1.82, 2.24) is 4.57 Å². The number of furan rings is 1. The molecular weight excluding hydrogens is 810 g/mol. The van der Waals surface area contributed by atoms with Crippen molar-refractivity contribution in [2.75, 3.05) is 9.80 Å². The number of benzene rings is 8. The number of thiophene rings is 1. The Labute approximate surface area is 384 Å². The number of nitrogens with zero attached hydrogens (tertiary/aromatic N) is 3. The van der Waals surface area contributed by atoms with E-state index in [1.54, 1.807) is 0 Å². The maximum atomic E-state index is 6.77. The zero-order valence-corrected chi connectivity index (χ0v) is 38.6. The van der Waals surface area contributed by atoms with E-state index in [0.717, 1.165) is 44.5 Å². The van der Waals surface area contributed by atoms with Gasteiger partial charge in [0.15, 0.2) is 5.58 Å². The summed E-state index contributed by atoms with van der Waals surface area (Å²) >= 11 is 1.89. The Morgan fingerprint density at radius 3 is 1.85 bits per heavy atom.